The van der Waals surface area contributed by atoms with Crippen LogP contribution in [0.25, 0.3) is 5.00 Å². The first kappa shape index (κ1) is 22.0. The van der Waals surface area contributed by atoms with Crippen molar-refractivity contribution in [3.63, 3.8) is 0 Å². The topological polar surface area (TPSA) is 37.3 Å². The Morgan fingerprint density at radius 3 is 2.63 bits per heavy atom. The maximum Gasteiger partial charge on any atom is 0.323 e. The van der Waals surface area contributed by atoms with Crippen LogP contribution in [0, 0.1) is 18.6 Å². The third-order valence-corrected chi connectivity index (χ3v) is 8.34. The fraction of sp³-hybridized carbons (Fsp3) is 0.250. The zero-order chi connectivity index (χ0) is 24.1. The number of aromatic nitrogens is 1. The number of benzene rings is 2. The fourth-order valence-electron chi connectivity index (χ4n) is 5.26. The summed E-state index contributed by atoms with van der Waals surface area (Å²) in [7, 11) is 0. The van der Waals surface area contributed by atoms with Gasteiger partial charge in [-0.1, -0.05) is 29.8 Å². The van der Waals surface area contributed by atoms with E-state index in [0.717, 1.165) is 53.2 Å². The average Bonchev–Trinajstić information content (AvgIpc) is 3.43. The second-order valence-electron chi connectivity index (χ2n) is 9.29. The number of fused-ring (bicyclic) bond motifs is 5. The predicted molar refractivity (Wildman–Crippen MR) is 134 cm³/mol. The molecule has 178 valence electrons. The molecule has 2 aliphatic rings. The van der Waals surface area contributed by atoms with E-state index in [2.05, 4.69) is 22.1 Å². The van der Waals surface area contributed by atoms with E-state index in [1.54, 1.807) is 4.90 Å². The maximum atomic E-state index is 14.5. The second kappa shape index (κ2) is 8.64. The number of urea groups is 1. The number of carbonyl (C=O) groups excluding carboxylic acids is 1. The van der Waals surface area contributed by atoms with Gasteiger partial charge in [0.25, 0.3) is 0 Å². The number of hydrogen-bond acceptors (Lipinski definition) is 2. The first-order valence-electron chi connectivity index (χ1n) is 11.9. The zero-order valence-electron chi connectivity index (χ0n) is 19.4. The van der Waals surface area contributed by atoms with Crippen molar-refractivity contribution < 1.29 is 13.6 Å². The number of anilines is 1. The number of aryl methyl sites for hydroxylation is 2. The lowest BCUT2D eigenvalue weighted by Gasteiger charge is -2.31. The van der Waals surface area contributed by atoms with E-state index >= 15 is 0 Å². The third-order valence-electron chi connectivity index (χ3n) is 7.01. The molecule has 3 heterocycles. The molecule has 0 spiro atoms. The Kier molecular flexibility index (Phi) is 5.44. The molecule has 4 aromatic rings. The monoisotopic (exact) mass is 489 g/mol. The van der Waals surface area contributed by atoms with E-state index < -0.39 is 17.7 Å². The van der Waals surface area contributed by atoms with Gasteiger partial charge in [0, 0.05) is 22.7 Å². The lowest BCUT2D eigenvalue weighted by molar-refractivity contribution is 0.194. The number of rotatable bonds is 2. The summed E-state index contributed by atoms with van der Waals surface area (Å²) >= 11 is 1.82. The summed E-state index contributed by atoms with van der Waals surface area (Å²) in [6.45, 7) is 2.45. The van der Waals surface area contributed by atoms with Gasteiger partial charge in [-0.2, -0.15) is 0 Å². The zero-order valence-corrected chi connectivity index (χ0v) is 20.2. The lowest BCUT2D eigenvalue weighted by Crippen LogP contribution is -2.38. The minimum Gasteiger partial charge on any atom is -0.310 e. The lowest BCUT2D eigenvalue weighted by atomic mass is 9.95. The molecular weight excluding hydrogens is 464 g/mol. The molecule has 7 heteroatoms. The summed E-state index contributed by atoms with van der Waals surface area (Å²) in [4.78, 5) is 17.0. The van der Waals surface area contributed by atoms with Crippen molar-refractivity contribution in [1.29, 1.82) is 0 Å². The maximum absolute atomic E-state index is 14.5. The molecule has 1 atom stereocenters. The van der Waals surface area contributed by atoms with Crippen LogP contribution in [0.3, 0.4) is 0 Å². The molecule has 1 aliphatic carbocycles. The molecule has 6 rings (SSSR count). The van der Waals surface area contributed by atoms with Crippen LogP contribution < -0.4 is 5.32 Å². The molecule has 0 radical (unpaired) electrons. The second-order valence-corrected chi connectivity index (χ2v) is 10.4. The predicted octanol–water partition coefficient (Wildman–Crippen LogP) is 7.14. The van der Waals surface area contributed by atoms with Crippen molar-refractivity contribution in [2.75, 3.05) is 5.32 Å². The van der Waals surface area contributed by atoms with E-state index in [1.165, 1.54) is 28.5 Å². The van der Waals surface area contributed by atoms with Gasteiger partial charge in [0.05, 0.1) is 24.0 Å². The van der Waals surface area contributed by atoms with Gasteiger partial charge in [0.15, 0.2) is 0 Å². The number of nitrogens with zero attached hydrogens (tertiary/aromatic N) is 2. The molecule has 2 amide bonds. The molecule has 0 saturated carbocycles. The number of amides is 2. The van der Waals surface area contributed by atoms with Gasteiger partial charge in [-0.25, -0.2) is 13.6 Å². The number of halogens is 2. The number of nitrogens with one attached hydrogen (secondary N) is 1. The van der Waals surface area contributed by atoms with E-state index in [4.69, 9.17) is 0 Å². The van der Waals surface area contributed by atoms with E-state index in [-0.39, 0.29) is 11.7 Å². The van der Waals surface area contributed by atoms with Crippen LogP contribution in [0.15, 0.2) is 60.8 Å². The SMILES string of the molecule is Cc1ccc([C@H]2c3cccn3-c3sc4c(c3CN2C(=O)Nc2ccc(F)cc2F)CCCC4)cc1. The molecule has 1 aliphatic heterocycles. The quantitative estimate of drug-likeness (QED) is 0.319. The molecule has 0 bridgehead atoms. The van der Waals surface area contributed by atoms with Gasteiger partial charge in [-0.05, 0) is 68.0 Å². The Morgan fingerprint density at radius 1 is 1.03 bits per heavy atom. The highest BCUT2D eigenvalue weighted by molar-refractivity contribution is 7.15. The van der Waals surface area contributed by atoms with Crippen molar-refractivity contribution >= 4 is 23.1 Å². The van der Waals surface area contributed by atoms with E-state index in [9.17, 15) is 13.6 Å². The minimum atomic E-state index is -0.794. The van der Waals surface area contributed by atoms with Crippen molar-refractivity contribution in [2.24, 2.45) is 0 Å². The third kappa shape index (κ3) is 3.84. The largest absolute Gasteiger partial charge is 0.323 e. The average molecular weight is 490 g/mol. The Bertz CT molecular complexity index is 1420. The highest BCUT2D eigenvalue weighted by Gasteiger charge is 2.36. The summed E-state index contributed by atoms with van der Waals surface area (Å²) in [6.07, 6.45) is 6.47. The summed E-state index contributed by atoms with van der Waals surface area (Å²) in [5, 5.41) is 3.88. The standard InChI is InChI=1S/C28H25F2N3OS/c1-17-8-10-18(11-9-17)26-24-6-4-14-32(24)27-21(20-5-2-3-7-25(20)35-27)16-33(26)28(34)31-23-13-12-19(29)15-22(23)30/h4,6,8-15,26H,2-3,5,7,16H2,1H3,(H,31,34)/t26-/m0/s1. The first-order valence-corrected chi connectivity index (χ1v) is 12.7. The molecule has 2 aromatic heterocycles. The number of carbonyl (C=O) groups is 1. The van der Waals surface area contributed by atoms with Gasteiger partial charge in [0.1, 0.15) is 16.6 Å². The normalized spacial score (nSPS) is 16.8. The number of thiophene rings is 1. The molecule has 35 heavy (non-hydrogen) atoms. The smallest absolute Gasteiger partial charge is 0.310 e. The van der Waals surface area contributed by atoms with Crippen LogP contribution in [-0.4, -0.2) is 15.5 Å². The molecule has 0 fully saturated rings. The molecular formula is C28H25F2N3OS. The summed E-state index contributed by atoms with van der Waals surface area (Å²) < 4.78 is 30.1. The van der Waals surface area contributed by atoms with E-state index in [0.29, 0.717) is 6.54 Å². The van der Waals surface area contributed by atoms with E-state index in [1.807, 2.05) is 48.6 Å². The number of hydrogen-bond donors (Lipinski definition) is 1. The van der Waals surface area contributed by atoms with Gasteiger partial charge < -0.3 is 14.8 Å². The van der Waals surface area contributed by atoms with Gasteiger partial charge in [-0.3, -0.25) is 0 Å². The van der Waals surface area contributed by atoms with Crippen molar-refractivity contribution in [1.82, 2.24) is 9.47 Å². The summed E-state index contributed by atoms with van der Waals surface area (Å²) in [5.74, 6) is -1.47. The van der Waals surface area contributed by atoms with Crippen LogP contribution in [-0.2, 0) is 19.4 Å². The Balaban J connectivity index is 1.49. The minimum absolute atomic E-state index is 0.0359. The highest BCUT2D eigenvalue weighted by Crippen LogP contribution is 2.44. The molecule has 2 aromatic carbocycles. The fourth-order valence-corrected chi connectivity index (χ4v) is 6.67. The molecule has 1 N–H and O–H groups in total. The van der Waals surface area contributed by atoms with Gasteiger partial charge in [-0.15, -0.1) is 11.3 Å². The highest BCUT2D eigenvalue weighted by atomic mass is 32.1. The molecule has 0 saturated heterocycles. The summed E-state index contributed by atoms with van der Waals surface area (Å²) in [5.41, 5.74) is 5.59. The Morgan fingerprint density at radius 2 is 1.83 bits per heavy atom. The Labute approximate surface area is 206 Å². The van der Waals surface area contributed by atoms with Crippen LogP contribution in [0.5, 0.6) is 0 Å². The van der Waals surface area contributed by atoms with Crippen LogP contribution in [0.2, 0.25) is 0 Å². The van der Waals surface area contributed by atoms with Crippen molar-refractivity contribution in [2.45, 2.75) is 45.2 Å². The van der Waals surface area contributed by atoms with Crippen molar-refractivity contribution in [3.05, 3.63) is 105 Å². The van der Waals surface area contributed by atoms with Crippen LogP contribution in [0.1, 0.15) is 51.7 Å². The summed E-state index contributed by atoms with van der Waals surface area (Å²) in [6, 6.07) is 14.7. The molecule has 0 unspecified atom stereocenters. The van der Waals surface area contributed by atoms with Crippen LogP contribution >= 0.6 is 11.3 Å². The first-order chi connectivity index (χ1) is 17.0. The Hall–Kier alpha value is -3.45. The van der Waals surface area contributed by atoms with Crippen molar-refractivity contribution in [3.8, 4) is 5.00 Å². The molecule has 4 nitrogen and oxygen atoms in total. The van der Waals surface area contributed by atoms with Gasteiger partial charge >= 0.3 is 6.03 Å². The van der Waals surface area contributed by atoms with Crippen LogP contribution in [0.4, 0.5) is 19.3 Å². The van der Waals surface area contributed by atoms with Gasteiger partial charge in [0.2, 0.25) is 0 Å².